The lowest BCUT2D eigenvalue weighted by atomic mass is 10.1. The molecule has 0 bridgehead atoms. The van der Waals surface area contributed by atoms with E-state index in [0.29, 0.717) is 31.9 Å². The third-order valence-corrected chi connectivity index (χ3v) is 6.88. The SMILES string of the molecule is COc1ccc(OCC(=O)NN=CC(C)=Cc2ccc(C=C(C)C=NNC(=O)COc3ccc(OC)cc3Br)cc2)c(Br)c1. The van der Waals surface area contributed by atoms with Crippen molar-refractivity contribution in [2.45, 2.75) is 13.8 Å². The minimum atomic E-state index is -0.387. The summed E-state index contributed by atoms with van der Waals surface area (Å²) in [6.45, 7) is 3.38. The van der Waals surface area contributed by atoms with Gasteiger partial charge >= 0.3 is 0 Å². The largest absolute Gasteiger partial charge is 0.497 e. The van der Waals surface area contributed by atoms with E-state index < -0.39 is 0 Å². The van der Waals surface area contributed by atoms with E-state index in [1.807, 2.05) is 50.3 Å². The van der Waals surface area contributed by atoms with Gasteiger partial charge in [-0.1, -0.05) is 36.4 Å². The number of amides is 2. The van der Waals surface area contributed by atoms with Crippen LogP contribution in [-0.2, 0) is 9.59 Å². The quantitative estimate of drug-likeness (QED) is 0.147. The minimum Gasteiger partial charge on any atom is -0.497 e. The van der Waals surface area contributed by atoms with E-state index in [9.17, 15) is 9.59 Å². The van der Waals surface area contributed by atoms with Crippen LogP contribution in [-0.4, -0.2) is 51.7 Å². The lowest BCUT2D eigenvalue weighted by molar-refractivity contribution is -0.123. The zero-order chi connectivity index (χ0) is 31.9. The number of halogens is 2. The molecule has 0 spiro atoms. The number of methoxy groups -OCH3 is 2. The van der Waals surface area contributed by atoms with Crippen LogP contribution in [0.5, 0.6) is 23.0 Å². The topological polar surface area (TPSA) is 120 Å². The normalized spacial score (nSPS) is 11.9. The van der Waals surface area contributed by atoms with Crippen molar-refractivity contribution >= 4 is 68.3 Å². The first kappa shape index (κ1) is 34.1. The van der Waals surface area contributed by atoms with Gasteiger partial charge in [0.1, 0.15) is 23.0 Å². The zero-order valence-corrected chi connectivity index (χ0v) is 27.8. The van der Waals surface area contributed by atoms with Crippen molar-refractivity contribution in [2.75, 3.05) is 27.4 Å². The zero-order valence-electron chi connectivity index (χ0n) is 24.6. The first-order valence-electron chi connectivity index (χ1n) is 13.2. The summed E-state index contributed by atoms with van der Waals surface area (Å²) in [5.74, 6) is 1.62. The average Bonchev–Trinajstić information content (AvgIpc) is 3.00. The Balaban J connectivity index is 1.42. The minimum absolute atomic E-state index is 0.187. The molecule has 12 heteroatoms. The van der Waals surface area contributed by atoms with Gasteiger partial charge < -0.3 is 18.9 Å². The van der Waals surface area contributed by atoms with E-state index in [-0.39, 0.29) is 25.0 Å². The monoisotopic (exact) mass is 726 g/mol. The van der Waals surface area contributed by atoms with E-state index in [4.69, 9.17) is 18.9 Å². The van der Waals surface area contributed by atoms with E-state index in [1.54, 1.807) is 63.0 Å². The summed E-state index contributed by atoms with van der Waals surface area (Å²) in [6, 6.07) is 18.3. The van der Waals surface area contributed by atoms with Crippen molar-refractivity contribution in [3.05, 3.63) is 91.9 Å². The number of hydrogen-bond donors (Lipinski definition) is 2. The molecule has 3 rings (SSSR count). The Morgan fingerprint density at radius 3 is 1.41 bits per heavy atom. The molecule has 2 N–H and O–H groups in total. The Morgan fingerprint density at radius 1 is 0.682 bits per heavy atom. The maximum atomic E-state index is 12.1. The van der Waals surface area contributed by atoms with Crippen LogP contribution in [0.1, 0.15) is 25.0 Å². The molecule has 0 fully saturated rings. The van der Waals surface area contributed by atoms with Gasteiger partial charge in [0.15, 0.2) is 13.2 Å². The molecule has 0 heterocycles. The molecule has 0 aromatic heterocycles. The van der Waals surface area contributed by atoms with E-state index in [1.165, 1.54) is 0 Å². The second-order valence-electron chi connectivity index (χ2n) is 9.20. The predicted octanol–water partition coefficient (Wildman–Crippen LogP) is 6.40. The van der Waals surface area contributed by atoms with E-state index in [2.05, 4.69) is 52.9 Å². The molecule has 0 unspecified atom stereocenters. The average molecular weight is 728 g/mol. The molecular weight excluding hydrogens is 696 g/mol. The molecule has 0 aliphatic heterocycles. The number of ether oxygens (including phenoxy) is 4. The van der Waals surface area contributed by atoms with Crippen molar-refractivity contribution in [1.29, 1.82) is 0 Å². The van der Waals surface area contributed by atoms with Gasteiger partial charge in [0, 0.05) is 0 Å². The lowest BCUT2D eigenvalue weighted by Crippen LogP contribution is -2.24. The standard InChI is InChI=1S/C32H32Br2N4O6/c1-21(17-35-37-31(39)19-43-29-11-9-25(41-3)15-27(29)33)13-23-5-7-24(8-6-23)14-22(2)18-36-38-32(40)20-44-30-12-10-26(42-4)16-28(30)34/h5-18H,19-20H2,1-4H3,(H,37,39)(H,38,40). The van der Waals surface area contributed by atoms with Gasteiger partial charge in [-0.2, -0.15) is 10.2 Å². The second kappa shape index (κ2) is 17.6. The Hall–Kier alpha value is -4.42. The molecule has 10 nitrogen and oxygen atoms in total. The molecule has 0 aliphatic carbocycles. The van der Waals surface area contributed by atoms with Crippen LogP contribution in [0.3, 0.4) is 0 Å². The van der Waals surface area contributed by atoms with Gasteiger partial charge in [-0.15, -0.1) is 0 Å². The summed E-state index contributed by atoms with van der Waals surface area (Å²) in [7, 11) is 3.15. The number of benzene rings is 3. The Kier molecular flexibility index (Phi) is 13.7. The Morgan fingerprint density at radius 2 is 1.07 bits per heavy atom. The maximum Gasteiger partial charge on any atom is 0.277 e. The highest BCUT2D eigenvalue weighted by Gasteiger charge is 2.07. The predicted molar refractivity (Wildman–Crippen MR) is 179 cm³/mol. The molecule has 44 heavy (non-hydrogen) atoms. The fraction of sp³-hybridized carbons (Fsp3) is 0.188. The number of allylic oxidation sites excluding steroid dienone is 2. The second-order valence-corrected chi connectivity index (χ2v) is 10.9. The van der Waals surface area contributed by atoms with Crippen LogP contribution in [0.15, 0.2) is 91.0 Å². The lowest BCUT2D eigenvalue weighted by Gasteiger charge is -2.08. The van der Waals surface area contributed by atoms with Crippen LogP contribution in [0.25, 0.3) is 12.2 Å². The summed E-state index contributed by atoms with van der Waals surface area (Å²) in [5, 5.41) is 7.98. The molecule has 3 aromatic carbocycles. The molecule has 3 aromatic rings. The molecule has 0 atom stereocenters. The molecular formula is C32H32Br2N4O6. The van der Waals surface area contributed by atoms with Crippen molar-refractivity contribution in [3.8, 4) is 23.0 Å². The first-order chi connectivity index (χ1) is 21.2. The Bertz CT molecular complexity index is 1450. The number of hydrazone groups is 2. The highest BCUT2D eigenvalue weighted by molar-refractivity contribution is 9.11. The first-order valence-corrected chi connectivity index (χ1v) is 14.8. The third-order valence-electron chi connectivity index (χ3n) is 5.64. The van der Waals surface area contributed by atoms with Gasteiger partial charge in [-0.3, -0.25) is 9.59 Å². The van der Waals surface area contributed by atoms with Crippen LogP contribution < -0.4 is 29.8 Å². The summed E-state index contributed by atoms with van der Waals surface area (Å²) in [4.78, 5) is 24.1. The highest BCUT2D eigenvalue weighted by atomic mass is 79.9. The molecule has 0 saturated carbocycles. The van der Waals surface area contributed by atoms with Crippen LogP contribution >= 0.6 is 31.9 Å². The van der Waals surface area contributed by atoms with Gasteiger partial charge in [0.25, 0.3) is 11.8 Å². The number of carbonyl (C=O) groups excluding carboxylic acids is 2. The van der Waals surface area contributed by atoms with Crippen LogP contribution in [0.4, 0.5) is 0 Å². The number of rotatable bonds is 14. The van der Waals surface area contributed by atoms with Gasteiger partial charge in [-0.25, -0.2) is 10.9 Å². The Labute approximate surface area is 273 Å². The summed E-state index contributed by atoms with van der Waals surface area (Å²) >= 11 is 6.77. The molecule has 0 saturated heterocycles. The highest BCUT2D eigenvalue weighted by Crippen LogP contribution is 2.30. The van der Waals surface area contributed by atoms with Crippen LogP contribution in [0.2, 0.25) is 0 Å². The number of hydrogen-bond acceptors (Lipinski definition) is 8. The van der Waals surface area contributed by atoms with Crippen LogP contribution in [0, 0.1) is 0 Å². The molecule has 0 aliphatic rings. The van der Waals surface area contributed by atoms with Crippen molar-refractivity contribution < 1.29 is 28.5 Å². The fourth-order valence-corrected chi connectivity index (χ4v) is 4.45. The summed E-state index contributed by atoms with van der Waals surface area (Å²) in [5.41, 5.74) is 8.52. The van der Waals surface area contributed by atoms with Crippen molar-refractivity contribution in [3.63, 3.8) is 0 Å². The van der Waals surface area contributed by atoms with Gasteiger partial charge in [-0.05, 0) is 104 Å². The molecule has 0 radical (unpaired) electrons. The van der Waals surface area contributed by atoms with E-state index in [0.717, 1.165) is 22.3 Å². The van der Waals surface area contributed by atoms with Crippen molar-refractivity contribution in [1.82, 2.24) is 10.9 Å². The summed E-state index contributed by atoms with van der Waals surface area (Å²) < 4.78 is 22.7. The smallest absolute Gasteiger partial charge is 0.277 e. The number of nitrogens with zero attached hydrogens (tertiary/aromatic N) is 2. The van der Waals surface area contributed by atoms with Gasteiger partial charge in [0.2, 0.25) is 0 Å². The van der Waals surface area contributed by atoms with Crippen molar-refractivity contribution in [2.24, 2.45) is 10.2 Å². The number of carbonyl (C=O) groups is 2. The maximum absolute atomic E-state index is 12.1. The summed E-state index contributed by atoms with van der Waals surface area (Å²) in [6.07, 6.45) is 6.99. The molecule has 2 amide bonds. The fourth-order valence-electron chi connectivity index (χ4n) is 3.50. The van der Waals surface area contributed by atoms with E-state index >= 15 is 0 Å². The third kappa shape index (κ3) is 11.7. The van der Waals surface area contributed by atoms with Gasteiger partial charge in [0.05, 0.1) is 35.6 Å². The number of nitrogens with one attached hydrogen (secondary N) is 2. The molecule has 230 valence electrons.